The highest BCUT2D eigenvalue weighted by Gasteiger charge is 2.36. The molecule has 0 bridgehead atoms. The number of nitriles is 1. The van der Waals surface area contributed by atoms with Gasteiger partial charge in [-0.3, -0.25) is 4.90 Å². The van der Waals surface area contributed by atoms with Crippen molar-refractivity contribution in [2.45, 2.75) is 37.8 Å². The number of rotatable bonds is 3. The number of urea groups is 1. The third-order valence-electron chi connectivity index (χ3n) is 5.80. The fourth-order valence-corrected chi connectivity index (χ4v) is 3.92. The molecule has 2 saturated heterocycles. The second-order valence-corrected chi connectivity index (χ2v) is 7.52. The van der Waals surface area contributed by atoms with Crippen molar-refractivity contribution in [3.05, 3.63) is 29.8 Å². The molecule has 0 unspecified atom stereocenters. The van der Waals surface area contributed by atoms with Gasteiger partial charge in [0.2, 0.25) is 0 Å². The van der Waals surface area contributed by atoms with Crippen molar-refractivity contribution in [2.75, 3.05) is 39.3 Å². The van der Waals surface area contributed by atoms with Gasteiger partial charge in [-0.1, -0.05) is 6.42 Å². The van der Waals surface area contributed by atoms with Gasteiger partial charge in [0, 0.05) is 32.2 Å². The summed E-state index contributed by atoms with van der Waals surface area (Å²) < 4.78 is 5.88. The predicted molar refractivity (Wildman–Crippen MR) is 97.9 cm³/mol. The molecule has 0 N–H and O–H groups in total. The maximum atomic E-state index is 12.7. The molecule has 26 heavy (non-hydrogen) atoms. The van der Waals surface area contributed by atoms with Gasteiger partial charge in [-0.15, -0.1) is 0 Å². The van der Waals surface area contributed by atoms with Crippen LogP contribution in [0.15, 0.2) is 24.3 Å². The van der Waals surface area contributed by atoms with E-state index in [4.69, 9.17) is 10.00 Å². The van der Waals surface area contributed by atoms with Crippen LogP contribution in [0.2, 0.25) is 0 Å². The van der Waals surface area contributed by atoms with Crippen LogP contribution in [0.3, 0.4) is 0 Å². The zero-order valence-electron chi connectivity index (χ0n) is 15.1. The second kappa shape index (κ2) is 7.55. The zero-order valence-corrected chi connectivity index (χ0v) is 15.1. The van der Waals surface area contributed by atoms with Gasteiger partial charge in [0.1, 0.15) is 11.9 Å². The lowest BCUT2D eigenvalue weighted by Gasteiger charge is -2.41. The largest absolute Gasteiger partial charge is 0.487 e. The normalized spacial score (nSPS) is 22.1. The number of nitrogens with zero attached hydrogens (tertiary/aromatic N) is 4. The van der Waals surface area contributed by atoms with Crippen molar-refractivity contribution in [1.82, 2.24) is 14.7 Å². The highest BCUT2D eigenvalue weighted by Crippen LogP contribution is 2.26. The SMILES string of the molecule is N#Cc1ccc(OC2CN(C(=O)N3CCCN(C4CCC4)CC3)C2)cc1. The predicted octanol–water partition coefficient (Wildman–Crippen LogP) is 2.30. The van der Waals surface area contributed by atoms with Gasteiger partial charge in [-0.2, -0.15) is 5.26 Å². The van der Waals surface area contributed by atoms with E-state index in [9.17, 15) is 4.79 Å². The molecule has 1 aromatic rings. The van der Waals surface area contributed by atoms with Crippen LogP contribution in [0.25, 0.3) is 0 Å². The second-order valence-electron chi connectivity index (χ2n) is 7.52. The molecule has 0 atom stereocenters. The summed E-state index contributed by atoms with van der Waals surface area (Å²) in [5, 5.41) is 8.83. The number of carbonyl (C=O) groups is 1. The monoisotopic (exact) mass is 354 g/mol. The Morgan fingerprint density at radius 1 is 1.00 bits per heavy atom. The quantitative estimate of drug-likeness (QED) is 0.836. The van der Waals surface area contributed by atoms with Crippen molar-refractivity contribution in [1.29, 1.82) is 5.26 Å². The molecule has 4 rings (SSSR count). The smallest absolute Gasteiger partial charge is 0.320 e. The summed E-state index contributed by atoms with van der Waals surface area (Å²) in [4.78, 5) is 19.2. The average Bonchev–Trinajstić information content (AvgIpc) is 2.82. The van der Waals surface area contributed by atoms with Crippen molar-refractivity contribution >= 4 is 6.03 Å². The highest BCUT2D eigenvalue weighted by atomic mass is 16.5. The Morgan fingerprint density at radius 2 is 1.77 bits per heavy atom. The number of carbonyl (C=O) groups excluding carboxylic acids is 1. The van der Waals surface area contributed by atoms with Gasteiger partial charge in [0.25, 0.3) is 0 Å². The lowest BCUT2D eigenvalue weighted by molar-refractivity contribution is 0.0308. The van der Waals surface area contributed by atoms with Crippen LogP contribution in [-0.4, -0.2) is 72.1 Å². The highest BCUT2D eigenvalue weighted by molar-refractivity contribution is 5.75. The van der Waals surface area contributed by atoms with E-state index in [1.807, 2.05) is 21.9 Å². The molecule has 6 nitrogen and oxygen atoms in total. The Labute approximate surface area is 154 Å². The minimum Gasteiger partial charge on any atom is -0.487 e. The summed E-state index contributed by atoms with van der Waals surface area (Å²) in [7, 11) is 0. The molecule has 6 heteroatoms. The van der Waals surface area contributed by atoms with Crippen LogP contribution in [-0.2, 0) is 0 Å². The Kier molecular flexibility index (Phi) is 4.98. The summed E-state index contributed by atoms with van der Waals surface area (Å²) in [5.41, 5.74) is 0.625. The number of benzene rings is 1. The number of amides is 2. The van der Waals surface area contributed by atoms with E-state index in [-0.39, 0.29) is 12.1 Å². The molecule has 1 aliphatic carbocycles. The molecule has 3 fully saturated rings. The summed E-state index contributed by atoms with van der Waals surface area (Å²) in [6, 6.07) is 10.1. The van der Waals surface area contributed by atoms with Crippen molar-refractivity contribution < 1.29 is 9.53 Å². The number of likely N-dealkylation sites (tertiary alicyclic amines) is 1. The molecule has 2 aliphatic heterocycles. The molecule has 1 saturated carbocycles. The minimum absolute atomic E-state index is 0.0466. The van der Waals surface area contributed by atoms with Gasteiger partial charge in [-0.25, -0.2) is 4.79 Å². The molecule has 0 spiro atoms. The van der Waals surface area contributed by atoms with Gasteiger partial charge in [-0.05, 0) is 43.5 Å². The Hall–Kier alpha value is -2.26. The molecule has 0 aromatic heterocycles. The van der Waals surface area contributed by atoms with Gasteiger partial charge in [0.15, 0.2) is 0 Å². The van der Waals surface area contributed by atoms with Crippen LogP contribution < -0.4 is 4.74 Å². The average molecular weight is 354 g/mol. The Bertz CT molecular complexity index is 674. The van der Waals surface area contributed by atoms with E-state index in [1.165, 1.54) is 19.3 Å². The maximum absolute atomic E-state index is 12.7. The Balaban J connectivity index is 1.23. The van der Waals surface area contributed by atoms with E-state index in [2.05, 4.69) is 11.0 Å². The van der Waals surface area contributed by atoms with Crippen LogP contribution in [0.4, 0.5) is 4.79 Å². The number of hydrogen-bond acceptors (Lipinski definition) is 4. The van der Waals surface area contributed by atoms with Crippen molar-refractivity contribution in [3.8, 4) is 11.8 Å². The molecule has 3 aliphatic rings. The summed E-state index contributed by atoms with van der Waals surface area (Å²) in [5.74, 6) is 0.756. The summed E-state index contributed by atoms with van der Waals surface area (Å²) >= 11 is 0. The van der Waals surface area contributed by atoms with Gasteiger partial charge >= 0.3 is 6.03 Å². The third kappa shape index (κ3) is 3.63. The molecule has 138 valence electrons. The molecule has 2 amide bonds. The summed E-state index contributed by atoms with van der Waals surface area (Å²) in [6.07, 6.45) is 5.13. The molecule has 0 radical (unpaired) electrons. The first-order valence-corrected chi connectivity index (χ1v) is 9.67. The fraction of sp³-hybridized carbons (Fsp3) is 0.600. The van der Waals surface area contributed by atoms with E-state index in [0.717, 1.165) is 44.4 Å². The molecule has 1 aromatic carbocycles. The van der Waals surface area contributed by atoms with E-state index in [1.54, 1.807) is 12.1 Å². The van der Waals surface area contributed by atoms with Crippen LogP contribution in [0.5, 0.6) is 5.75 Å². The number of hydrogen-bond donors (Lipinski definition) is 0. The van der Waals surface area contributed by atoms with Crippen LogP contribution in [0.1, 0.15) is 31.2 Å². The van der Waals surface area contributed by atoms with Crippen LogP contribution in [0, 0.1) is 11.3 Å². The van der Waals surface area contributed by atoms with Crippen molar-refractivity contribution in [3.63, 3.8) is 0 Å². The zero-order chi connectivity index (χ0) is 17.9. The Morgan fingerprint density at radius 3 is 2.42 bits per heavy atom. The minimum atomic E-state index is 0.0466. The first kappa shape index (κ1) is 17.2. The standard InChI is InChI=1S/C20H26N4O2/c21-13-16-5-7-18(8-6-16)26-19-14-24(15-19)20(25)23-10-2-9-22(11-12-23)17-3-1-4-17/h5-8,17,19H,1-4,9-12,14-15H2. The van der Waals surface area contributed by atoms with Gasteiger partial charge < -0.3 is 14.5 Å². The third-order valence-corrected chi connectivity index (χ3v) is 5.80. The van der Waals surface area contributed by atoms with E-state index >= 15 is 0 Å². The molecule has 2 heterocycles. The molecular formula is C20H26N4O2. The lowest BCUT2D eigenvalue weighted by atomic mass is 9.91. The first-order chi connectivity index (χ1) is 12.7. The summed E-state index contributed by atoms with van der Waals surface area (Å²) in [6.45, 7) is 5.12. The molecular weight excluding hydrogens is 328 g/mol. The maximum Gasteiger partial charge on any atom is 0.320 e. The van der Waals surface area contributed by atoms with E-state index in [0.29, 0.717) is 18.7 Å². The fourth-order valence-electron chi connectivity index (χ4n) is 3.92. The number of ether oxygens (including phenoxy) is 1. The van der Waals surface area contributed by atoms with Crippen LogP contribution >= 0.6 is 0 Å². The first-order valence-electron chi connectivity index (χ1n) is 9.67. The van der Waals surface area contributed by atoms with Crippen molar-refractivity contribution in [2.24, 2.45) is 0 Å². The van der Waals surface area contributed by atoms with E-state index < -0.39 is 0 Å². The topological polar surface area (TPSA) is 59.8 Å². The van der Waals surface area contributed by atoms with Gasteiger partial charge in [0.05, 0.1) is 24.7 Å². The lowest BCUT2D eigenvalue weighted by Crippen LogP contribution is -2.60.